The molecule has 0 amide bonds. The van der Waals surface area contributed by atoms with Crippen LogP contribution in [0.25, 0.3) is 11.1 Å². The minimum atomic E-state index is 0.254. The van der Waals surface area contributed by atoms with Crippen LogP contribution in [0.3, 0.4) is 0 Å². The second-order valence-electron chi connectivity index (χ2n) is 4.38. The van der Waals surface area contributed by atoms with Crippen molar-refractivity contribution in [2.45, 2.75) is 6.61 Å². The van der Waals surface area contributed by atoms with Gasteiger partial charge in [0.1, 0.15) is 11.3 Å². The maximum absolute atomic E-state index is 5.66. The van der Waals surface area contributed by atoms with Crippen molar-refractivity contribution in [1.29, 1.82) is 0 Å². The molecule has 20 heavy (non-hydrogen) atoms. The van der Waals surface area contributed by atoms with E-state index in [1.165, 1.54) is 0 Å². The third-order valence-electron chi connectivity index (χ3n) is 3.04. The number of nitrogens with zero attached hydrogens (tertiary/aromatic N) is 1. The summed E-state index contributed by atoms with van der Waals surface area (Å²) in [6, 6.07) is 13.1. The van der Waals surface area contributed by atoms with Crippen molar-refractivity contribution in [3.8, 4) is 17.2 Å². The number of aromatic nitrogens is 1. The lowest BCUT2D eigenvalue weighted by atomic mass is 10.3. The molecule has 0 saturated heterocycles. The average Bonchev–Trinajstić information content (AvgIpc) is 3.10. The Morgan fingerprint density at radius 3 is 2.90 bits per heavy atom. The van der Waals surface area contributed by atoms with E-state index < -0.39 is 0 Å². The molecule has 5 heteroatoms. The molecule has 0 saturated carbocycles. The van der Waals surface area contributed by atoms with Gasteiger partial charge in [-0.2, -0.15) is 0 Å². The van der Waals surface area contributed by atoms with E-state index in [4.69, 9.17) is 18.6 Å². The first kappa shape index (κ1) is 11.2. The Bertz CT molecular complexity index is 732. The highest BCUT2D eigenvalue weighted by molar-refractivity contribution is 5.72. The zero-order chi connectivity index (χ0) is 13.4. The Labute approximate surface area is 114 Å². The van der Waals surface area contributed by atoms with Crippen LogP contribution >= 0.6 is 0 Å². The van der Waals surface area contributed by atoms with Crippen LogP contribution in [0, 0.1) is 0 Å². The van der Waals surface area contributed by atoms with Crippen molar-refractivity contribution >= 4 is 11.1 Å². The first-order chi connectivity index (χ1) is 9.88. The minimum Gasteiger partial charge on any atom is -0.484 e. The zero-order valence-corrected chi connectivity index (χ0v) is 10.5. The Hall–Kier alpha value is -2.69. The molecule has 3 aromatic rings. The quantitative estimate of drug-likeness (QED) is 0.731. The van der Waals surface area contributed by atoms with E-state index in [9.17, 15) is 0 Å². The van der Waals surface area contributed by atoms with E-state index in [0.29, 0.717) is 17.4 Å². The largest absolute Gasteiger partial charge is 0.484 e. The number of rotatable bonds is 3. The minimum absolute atomic E-state index is 0.254. The van der Waals surface area contributed by atoms with Crippen LogP contribution < -0.4 is 14.2 Å². The summed E-state index contributed by atoms with van der Waals surface area (Å²) < 4.78 is 21.8. The summed E-state index contributed by atoms with van der Waals surface area (Å²) in [4.78, 5) is 4.35. The first-order valence-corrected chi connectivity index (χ1v) is 6.25. The second kappa shape index (κ2) is 4.45. The lowest BCUT2D eigenvalue weighted by Gasteiger charge is -2.04. The molecular weight excluding hydrogens is 258 g/mol. The van der Waals surface area contributed by atoms with Crippen LogP contribution in [-0.4, -0.2) is 11.8 Å². The molecule has 0 aliphatic carbocycles. The topological polar surface area (TPSA) is 53.7 Å². The molecule has 1 aliphatic heterocycles. The fourth-order valence-electron chi connectivity index (χ4n) is 2.09. The molecule has 1 aromatic heterocycles. The van der Waals surface area contributed by atoms with Gasteiger partial charge in [0.2, 0.25) is 12.7 Å². The van der Waals surface area contributed by atoms with Crippen LogP contribution in [-0.2, 0) is 6.61 Å². The fourth-order valence-corrected chi connectivity index (χ4v) is 2.09. The highest BCUT2D eigenvalue weighted by Crippen LogP contribution is 2.35. The zero-order valence-electron chi connectivity index (χ0n) is 10.5. The van der Waals surface area contributed by atoms with Gasteiger partial charge in [0, 0.05) is 6.07 Å². The number of hydrogen-bond acceptors (Lipinski definition) is 5. The van der Waals surface area contributed by atoms with E-state index >= 15 is 0 Å². The van der Waals surface area contributed by atoms with Gasteiger partial charge in [0.05, 0.1) is 0 Å². The summed E-state index contributed by atoms with van der Waals surface area (Å²) in [6.07, 6.45) is 0. The third kappa shape index (κ3) is 1.93. The van der Waals surface area contributed by atoms with Crippen LogP contribution in [0.1, 0.15) is 5.89 Å². The lowest BCUT2D eigenvalue weighted by molar-refractivity contribution is 0.173. The molecule has 0 atom stereocenters. The van der Waals surface area contributed by atoms with Gasteiger partial charge < -0.3 is 18.6 Å². The van der Waals surface area contributed by atoms with E-state index in [1.54, 1.807) is 6.07 Å². The summed E-state index contributed by atoms with van der Waals surface area (Å²) in [5.41, 5.74) is 1.59. The lowest BCUT2D eigenvalue weighted by Crippen LogP contribution is -1.95. The van der Waals surface area contributed by atoms with E-state index in [-0.39, 0.29) is 13.4 Å². The molecule has 4 rings (SSSR count). The highest BCUT2D eigenvalue weighted by atomic mass is 16.7. The molecule has 5 nitrogen and oxygen atoms in total. The van der Waals surface area contributed by atoms with Gasteiger partial charge in [0.25, 0.3) is 0 Å². The third-order valence-corrected chi connectivity index (χ3v) is 3.04. The van der Waals surface area contributed by atoms with Crippen LogP contribution in [0.15, 0.2) is 46.9 Å². The molecule has 1 aliphatic rings. The molecule has 2 aromatic carbocycles. The summed E-state index contributed by atoms with van der Waals surface area (Å²) in [5, 5.41) is 0. The van der Waals surface area contributed by atoms with Gasteiger partial charge >= 0.3 is 0 Å². The molecule has 0 bridgehead atoms. The summed E-state index contributed by atoms with van der Waals surface area (Å²) in [7, 11) is 0. The molecule has 0 spiro atoms. The number of para-hydroxylation sites is 2. The average molecular weight is 269 g/mol. The van der Waals surface area contributed by atoms with Gasteiger partial charge in [-0.05, 0) is 24.3 Å². The standard InChI is InChI=1S/C15H11NO4/c1-2-4-12-11(3-1)16-15(20-12)8-17-10-5-6-13-14(7-10)19-9-18-13/h1-7H,8-9H2. The molecule has 2 heterocycles. The van der Waals surface area contributed by atoms with Crippen LogP contribution in [0.2, 0.25) is 0 Å². The number of ether oxygens (including phenoxy) is 3. The Morgan fingerprint density at radius 2 is 1.95 bits per heavy atom. The maximum Gasteiger partial charge on any atom is 0.233 e. The molecular formula is C15H11NO4. The Balaban J connectivity index is 1.52. The predicted molar refractivity (Wildman–Crippen MR) is 70.9 cm³/mol. The smallest absolute Gasteiger partial charge is 0.233 e. The second-order valence-corrected chi connectivity index (χ2v) is 4.38. The number of fused-ring (bicyclic) bond motifs is 2. The van der Waals surface area contributed by atoms with E-state index in [2.05, 4.69) is 4.98 Å². The first-order valence-electron chi connectivity index (χ1n) is 6.25. The van der Waals surface area contributed by atoms with Gasteiger partial charge in [-0.1, -0.05) is 12.1 Å². The number of benzene rings is 2. The van der Waals surface area contributed by atoms with Crippen molar-refractivity contribution in [3.05, 3.63) is 48.4 Å². The van der Waals surface area contributed by atoms with Crippen molar-refractivity contribution in [2.24, 2.45) is 0 Å². The Kier molecular flexibility index (Phi) is 2.48. The van der Waals surface area contributed by atoms with Crippen molar-refractivity contribution in [2.75, 3.05) is 6.79 Å². The highest BCUT2D eigenvalue weighted by Gasteiger charge is 2.14. The van der Waals surface area contributed by atoms with Gasteiger partial charge in [-0.25, -0.2) is 4.98 Å². The SMILES string of the molecule is c1ccc2oc(COc3ccc4c(c3)OCO4)nc2c1. The molecule has 0 N–H and O–H groups in total. The fraction of sp³-hybridized carbons (Fsp3) is 0.133. The van der Waals surface area contributed by atoms with Crippen molar-refractivity contribution < 1.29 is 18.6 Å². The molecule has 0 fully saturated rings. The van der Waals surface area contributed by atoms with Gasteiger partial charge in [-0.3, -0.25) is 0 Å². The number of hydrogen-bond donors (Lipinski definition) is 0. The van der Waals surface area contributed by atoms with Crippen LogP contribution in [0.4, 0.5) is 0 Å². The maximum atomic E-state index is 5.66. The van der Waals surface area contributed by atoms with Crippen molar-refractivity contribution in [1.82, 2.24) is 4.98 Å². The van der Waals surface area contributed by atoms with Crippen molar-refractivity contribution in [3.63, 3.8) is 0 Å². The van der Waals surface area contributed by atoms with Gasteiger partial charge in [-0.15, -0.1) is 0 Å². The normalized spacial score (nSPS) is 12.8. The monoisotopic (exact) mass is 269 g/mol. The summed E-state index contributed by atoms with van der Waals surface area (Å²) in [5.74, 6) is 2.67. The molecule has 0 unspecified atom stereocenters. The Morgan fingerprint density at radius 1 is 1.05 bits per heavy atom. The van der Waals surface area contributed by atoms with Crippen LogP contribution in [0.5, 0.6) is 17.2 Å². The number of oxazole rings is 1. The molecule has 0 radical (unpaired) electrons. The van der Waals surface area contributed by atoms with E-state index in [0.717, 1.165) is 16.8 Å². The van der Waals surface area contributed by atoms with E-state index in [1.807, 2.05) is 36.4 Å². The summed E-state index contributed by atoms with van der Waals surface area (Å²) in [6.45, 7) is 0.526. The molecule has 100 valence electrons. The predicted octanol–water partition coefficient (Wildman–Crippen LogP) is 3.14. The van der Waals surface area contributed by atoms with Gasteiger partial charge in [0.15, 0.2) is 23.7 Å². The summed E-state index contributed by atoms with van der Waals surface area (Å²) >= 11 is 0.